The van der Waals surface area contributed by atoms with Crippen LogP contribution in [0.5, 0.6) is 0 Å². The molecule has 0 bridgehead atoms. The van der Waals surface area contributed by atoms with Gasteiger partial charge >= 0.3 is 0 Å². The van der Waals surface area contributed by atoms with E-state index in [-0.39, 0.29) is 24.1 Å². The van der Waals surface area contributed by atoms with E-state index in [4.69, 9.17) is 5.73 Å². The van der Waals surface area contributed by atoms with E-state index in [1.54, 1.807) is 0 Å². The standard InChI is InChI=1S/C11H14F2N2O2S/c1-6-2-9(6)15-18(16,17)10-4-7(5-14)3-8(12)11(10)13/h3-4,6,9,15H,2,5,14H2,1H3. The van der Waals surface area contributed by atoms with Crippen LogP contribution in [0.1, 0.15) is 18.9 Å². The lowest BCUT2D eigenvalue weighted by atomic mass is 10.2. The van der Waals surface area contributed by atoms with Crippen LogP contribution in [-0.2, 0) is 16.6 Å². The summed E-state index contributed by atoms with van der Waals surface area (Å²) in [6.07, 6.45) is 0.708. The molecule has 1 aromatic carbocycles. The van der Waals surface area contributed by atoms with Crippen LogP contribution in [0.25, 0.3) is 0 Å². The Kier molecular flexibility index (Phi) is 3.39. The lowest BCUT2D eigenvalue weighted by molar-refractivity contribution is 0.481. The van der Waals surface area contributed by atoms with Crippen molar-refractivity contribution in [2.45, 2.75) is 30.8 Å². The number of hydrogen-bond acceptors (Lipinski definition) is 3. The van der Waals surface area contributed by atoms with Crippen LogP contribution < -0.4 is 10.5 Å². The molecule has 0 radical (unpaired) electrons. The zero-order chi connectivity index (χ0) is 13.5. The molecule has 0 aliphatic heterocycles. The van der Waals surface area contributed by atoms with Crippen molar-refractivity contribution < 1.29 is 17.2 Å². The molecule has 7 heteroatoms. The van der Waals surface area contributed by atoms with Gasteiger partial charge < -0.3 is 5.73 Å². The number of halogens is 2. The fraction of sp³-hybridized carbons (Fsp3) is 0.455. The third kappa shape index (κ3) is 2.52. The highest BCUT2D eigenvalue weighted by molar-refractivity contribution is 7.89. The van der Waals surface area contributed by atoms with Gasteiger partial charge in [-0.05, 0) is 30.0 Å². The third-order valence-corrected chi connectivity index (χ3v) is 4.48. The molecule has 0 saturated heterocycles. The second-order valence-corrected chi connectivity index (χ2v) is 6.22. The van der Waals surface area contributed by atoms with E-state index < -0.39 is 26.6 Å². The molecule has 0 amide bonds. The Morgan fingerprint density at radius 3 is 2.56 bits per heavy atom. The molecule has 2 rings (SSSR count). The van der Waals surface area contributed by atoms with Gasteiger partial charge in [0.05, 0.1) is 0 Å². The van der Waals surface area contributed by atoms with Gasteiger partial charge in [-0.1, -0.05) is 6.92 Å². The van der Waals surface area contributed by atoms with Crippen molar-refractivity contribution in [3.8, 4) is 0 Å². The van der Waals surface area contributed by atoms with E-state index in [2.05, 4.69) is 4.72 Å². The fourth-order valence-electron chi connectivity index (χ4n) is 1.68. The largest absolute Gasteiger partial charge is 0.326 e. The van der Waals surface area contributed by atoms with Gasteiger partial charge in [0, 0.05) is 12.6 Å². The maximum absolute atomic E-state index is 13.5. The summed E-state index contributed by atoms with van der Waals surface area (Å²) >= 11 is 0. The number of nitrogens with one attached hydrogen (secondary N) is 1. The quantitative estimate of drug-likeness (QED) is 0.865. The molecule has 1 aliphatic rings. The normalized spacial score (nSPS) is 23.1. The zero-order valence-corrected chi connectivity index (χ0v) is 10.6. The Balaban J connectivity index is 2.39. The van der Waals surface area contributed by atoms with E-state index >= 15 is 0 Å². The molecule has 1 fully saturated rings. The van der Waals surface area contributed by atoms with E-state index in [1.165, 1.54) is 0 Å². The van der Waals surface area contributed by atoms with Crippen LogP contribution in [0, 0.1) is 17.6 Å². The van der Waals surface area contributed by atoms with E-state index in [0.29, 0.717) is 6.42 Å². The summed E-state index contributed by atoms with van der Waals surface area (Å²) in [6, 6.07) is 1.76. The molecule has 2 atom stereocenters. The van der Waals surface area contributed by atoms with Gasteiger partial charge in [0.1, 0.15) is 4.90 Å². The molecule has 0 aromatic heterocycles. The molecule has 1 aliphatic carbocycles. The van der Waals surface area contributed by atoms with E-state index in [9.17, 15) is 17.2 Å². The number of benzene rings is 1. The predicted octanol–water partition coefficient (Wildman–Crippen LogP) is 1.11. The Hall–Kier alpha value is -1.05. The Labute approximate surface area is 104 Å². The third-order valence-electron chi connectivity index (χ3n) is 3.00. The maximum Gasteiger partial charge on any atom is 0.243 e. The predicted molar refractivity (Wildman–Crippen MR) is 62.1 cm³/mol. The lowest BCUT2D eigenvalue weighted by Crippen LogP contribution is -2.28. The highest BCUT2D eigenvalue weighted by Crippen LogP contribution is 2.31. The van der Waals surface area contributed by atoms with Crippen molar-refractivity contribution in [1.29, 1.82) is 0 Å². The van der Waals surface area contributed by atoms with E-state index in [0.717, 1.165) is 12.1 Å². The molecular formula is C11H14F2N2O2S. The molecule has 0 spiro atoms. The van der Waals surface area contributed by atoms with Crippen molar-refractivity contribution in [3.63, 3.8) is 0 Å². The summed E-state index contributed by atoms with van der Waals surface area (Å²) < 4.78 is 53.0. The zero-order valence-electron chi connectivity index (χ0n) is 9.78. The number of nitrogens with two attached hydrogens (primary N) is 1. The lowest BCUT2D eigenvalue weighted by Gasteiger charge is -2.09. The topological polar surface area (TPSA) is 72.2 Å². The fourth-order valence-corrected chi connectivity index (χ4v) is 3.17. The highest BCUT2D eigenvalue weighted by atomic mass is 32.2. The Bertz CT molecular complexity index is 575. The molecule has 0 heterocycles. The van der Waals surface area contributed by atoms with Crippen LogP contribution in [0.4, 0.5) is 8.78 Å². The van der Waals surface area contributed by atoms with Gasteiger partial charge in [0.2, 0.25) is 10.0 Å². The molecule has 100 valence electrons. The van der Waals surface area contributed by atoms with Crippen molar-refractivity contribution in [2.75, 3.05) is 0 Å². The van der Waals surface area contributed by atoms with Crippen LogP contribution in [0.15, 0.2) is 17.0 Å². The summed E-state index contributed by atoms with van der Waals surface area (Å²) in [6.45, 7) is 1.82. The minimum atomic E-state index is -4.04. The first-order valence-electron chi connectivity index (χ1n) is 5.55. The molecule has 1 saturated carbocycles. The first kappa shape index (κ1) is 13.4. The average Bonchev–Trinajstić information content (AvgIpc) is 2.96. The van der Waals surface area contributed by atoms with Crippen molar-refractivity contribution in [3.05, 3.63) is 29.3 Å². The Morgan fingerprint density at radius 2 is 2.06 bits per heavy atom. The SMILES string of the molecule is CC1CC1NS(=O)(=O)c1cc(CN)cc(F)c1F. The van der Waals surface area contributed by atoms with Gasteiger partial charge in [0.15, 0.2) is 11.6 Å². The molecule has 4 nitrogen and oxygen atoms in total. The molecule has 18 heavy (non-hydrogen) atoms. The number of hydrogen-bond donors (Lipinski definition) is 2. The van der Waals surface area contributed by atoms with Gasteiger partial charge in [-0.15, -0.1) is 0 Å². The summed E-state index contributed by atoms with van der Waals surface area (Å²) in [5, 5.41) is 0. The van der Waals surface area contributed by atoms with Gasteiger partial charge in [-0.2, -0.15) is 0 Å². The molecular weight excluding hydrogens is 262 g/mol. The summed E-state index contributed by atoms with van der Waals surface area (Å²) in [5.74, 6) is -2.35. The first-order chi connectivity index (χ1) is 8.35. The maximum atomic E-state index is 13.5. The number of rotatable bonds is 4. The second-order valence-electron chi connectivity index (χ2n) is 4.53. The molecule has 1 aromatic rings. The average molecular weight is 276 g/mol. The van der Waals surface area contributed by atoms with Crippen LogP contribution in [0.3, 0.4) is 0 Å². The molecule has 2 unspecified atom stereocenters. The second kappa shape index (κ2) is 4.56. The minimum Gasteiger partial charge on any atom is -0.326 e. The van der Waals surface area contributed by atoms with Crippen LogP contribution in [-0.4, -0.2) is 14.5 Å². The summed E-state index contributed by atoms with van der Waals surface area (Å²) in [5.41, 5.74) is 5.55. The minimum absolute atomic E-state index is 0.0560. The highest BCUT2D eigenvalue weighted by Gasteiger charge is 2.37. The first-order valence-corrected chi connectivity index (χ1v) is 7.04. The van der Waals surface area contributed by atoms with Crippen LogP contribution >= 0.6 is 0 Å². The van der Waals surface area contributed by atoms with E-state index in [1.807, 2.05) is 6.92 Å². The monoisotopic (exact) mass is 276 g/mol. The van der Waals surface area contributed by atoms with Gasteiger partial charge in [-0.3, -0.25) is 0 Å². The number of sulfonamides is 1. The Morgan fingerprint density at radius 1 is 1.44 bits per heavy atom. The van der Waals surface area contributed by atoms with Crippen LogP contribution in [0.2, 0.25) is 0 Å². The van der Waals surface area contributed by atoms with Crippen molar-refractivity contribution in [2.24, 2.45) is 11.7 Å². The van der Waals surface area contributed by atoms with Crippen molar-refractivity contribution >= 4 is 10.0 Å². The van der Waals surface area contributed by atoms with Gasteiger partial charge in [-0.25, -0.2) is 21.9 Å². The smallest absolute Gasteiger partial charge is 0.243 e. The summed E-state index contributed by atoms with van der Waals surface area (Å²) in [4.78, 5) is -0.679. The van der Waals surface area contributed by atoms with Gasteiger partial charge in [0.25, 0.3) is 0 Å². The van der Waals surface area contributed by atoms with Crippen molar-refractivity contribution in [1.82, 2.24) is 4.72 Å². The summed E-state index contributed by atoms with van der Waals surface area (Å²) in [7, 11) is -4.04. The molecule has 3 N–H and O–H groups in total.